The average Bonchev–Trinajstić information content (AvgIpc) is 2.41. The minimum Gasteiger partial charge on any atom is -0.313 e. The first-order chi connectivity index (χ1) is 9.61. The van der Waals surface area contributed by atoms with Gasteiger partial charge in [-0.2, -0.15) is 0 Å². The molecule has 0 aliphatic rings. The Morgan fingerprint density at radius 3 is 2.60 bits per heavy atom. The molecule has 2 rings (SSSR count). The first kappa shape index (κ1) is 15.0. The summed E-state index contributed by atoms with van der Waals surface area (Å²) in [6, 6.07) is 10.7. The van der Waals surface area contributed by atoms with Crippen LogP contribution in [0.3, 0.4) is 0 Å². The van der Waals surface area contributed by atoms with Crippen molar-refractivity contribution in [2.45, 2.75) is 26.8 Å². The molecule has 2 aromatic rings. The van der Waals surface area contributed by atoms with E-state index in [-0.39, 0.29) is 5.82 Å². The molecule has 106 valence electrons. The lowest BCUT2D eigenvalue weighted by atomic mass is 9.96. The zero-order valence-electron chi connectivity index (χ0n) is 11.8. The van der Waals surface area contributed by atoms with Crippen molar-refractivity contribution in [1.82, 2.24) is 5.32 Å². The number of halogens is 2. The molecule has 1 nitrogen and oxygen atoms in total. The Bertz CT molecular complexity index is 596. The van der Waals surface area contributed by atoms with Crippen molar-refractivity contribution in [3.8, 4) is 11.1 Å². The zero-order chi connectivity index (χ0) is 14.5. The van der Waals surface area contributed by atoms with Crippen LogP contribution >= 0.6 is 11.6 Å². The Hall–Kier alpha value is -1.38. The summed E-state index contributed by atoms with van der Waals surface area (Å²) in [6.07, 6.45) is 1.10. The van der Waals surface area contributed by atoms with E-state index in [0.717, 1.165) is 36.2 Å². The van der Waals surface area contributed by atoms with E-state index < -0.39 is 0 Å². The van der Waals surface area contributed by atoms with E-state index in [9.17, 15) is 4.39 Å². The standard InChI is InChI=1S/C17H19ClFN/c1-3-8-20-11-13-4-5-14(18)10-17(13)16-7-6-15(19)9-12(16)2/h4-7,9-10,20H,3,8,11H2,1-2H3. The maximum Gasteiger partial charge on any atom is 0.123 e. The third-order valence-corrected chi connectivity index (χ3v) is 3.53. The van der Waals surface area contributed by atoms with Crippen LogP contribution in [0.15, 0.2) is 36.4 Å². The van der Waals surface area contributed by atoms with Crippen molar-refractivity contribution < 1.29 is 4.39 Å². The molecule has 0 saturated heterocycles. The summed E-state index contributed by atoms with van der Waals surface area (Å²) in [5, 5.41) is 4.09. The van der Waals surface area contributed by atoms with Crippen LogP contribution in [-0.4, -0.2) is 6.54 Å². The molecule has 0 aliphatic carbocycles. The Morgan fingerprint density at radius 1 is 1.10 bits per heavy atom. The molecule has 2 aromatic carbocycles. The summed E-state index contributed by atoms with van der Waals surface area (Å²) in [6.45, 7) is 5.82. The maximum absolute atomic E-state index is 13.3. The second-order valence-corrected chi connectivity index (χ2v) is 5.37. The fraction of sp³-hybridized carbons (Fsp3) is 0.294. The Labute approximate surface area is 124 Å². The Kier molecular flexibility index (Phi) is 5.16. The first-order valence-electron chi connectivity index (χ1n) is 6.87. The van der Waals surface area contributed by atoms with Crippen LogP contribution in [0.25, 0.3) is 11.1 Å². The minimum absolute atomic E-state index is 0.209. The van der Waals surface area contributed by atoms with Crippen molar-refractivity contribution in [2.24, 2.45) is 0 Å². The van der Waals surface area contributed by atoms with Gasteiger partial charge in [0, 0.05) is 11.6 Å². The molecule has 0 radical (unpaired) electrons. The van der Waals surface area contributed by atoms with Gasteiger partial charge < -0.3 is 5.32 Å². The molecule has 0 aliphatic heterocycles. The summed E-state index contributed by atoms with van der Waals surface area (Å²) in [5.41, 5.74) is 4.20. The SMILES string of the molecule is CCCNCc1ccc(Cl)cc1-c1ccc(F)cc1C. The van der Waals surface area contributed by atoms with E-state index in [2.05, 4.69) is 12.2 Å². The number of hydrogen-bond donors (Lipinski definition) is 1. The number of benzene rings is 2. The highest BCUT2D eigenvalue weighted by molar-refractivity contribution is 6.30. The lowest BCUT2D eigenvalue weighted by Crippen LogP contribution is -2.14. The van der Waals surface area contributed by atoms with Gasteiger partial charge in [0.1, 0.15) is 5.82 Å². The van der Waals surface area contributed by atoms with Crippen molar-refractivity contribution in [3.05, 3.63) is 58.4 Å². The van der Waals surface area contributed by atoms with E-state index in [1.165, 1.54) is 11.6 Å². The smallest absolute Gasteiger partial charge is 0.123 e. The van der Waals surface area contributed by atoms with Crippen molar-refractivity contribution >= 4 is 11.6 Å². The van der Waals surface area contributed by atoms with E-state index in [4.69, 9.17) is 11.6 Å². The molecule has 0 atom stereocenters. The summed E-state index contributed by atoms with van der Waals surface area (Å²) < 4.78 is 13.3. The van der Waals surface area contributed by atoms with Gasteiger partial charge in [0.25, 0.3) is 0 Å². The van der Waals surface area contributed by atoms with Gasteiger partial charge in [-0.3, -0.25) is 0 Å². The van der Waals surface area contributed by atoms with Crippen molar-refractivity contribution in [1.29, 1.82) is 0 Å². The summed E-state index contributed by atoms with van der Waals surface area (Å²) in [5.74, 6) is -0.209. The molecule has 0 unspecified atom stereocenters. The predicted octanol–water partition coefficient (Wildman–Crippen LogP) is 4.95. The number of aryl methyl sites for hydroxylation is 1. The second-order valence-electron chi connectivity index (χ2n) is 4.94. The molecular formula is C17H19ClFN. The fourth-order valence-corrected chi connectivity index (χ4v) is 2.45. The molecule has 0 heterocycles. The molecule has 20 heavy (non-hydrogen) atoms. The van der Waals surface area contributed by atoms with E-state index in [0.29, 0.717) is 5.02 Å². The van der Waals surface area contributed by atoms with Gasteiger partial charge in [0.2, 0.25) is 0 Å². The topological polar surface area (TPSA) is 12.0 Å². The van der Waals surface area contributed by atoms with E-state index in [1.54, 1.807) is 6.07 Å². The molecule has 1 N–H and O–H groups in total. The van der Waals surface area contributed by atoms with Gasteiger partial charge in [-0.15, -0.1) is 0 Å². The third-order valence-electron chi connectivity index (χ3n) is 3.29. The van der Waals surface area contributed by atoms with Gasteiger partial charge in [0.05, 0.1) is 0 Å². The Balaban J connectivity index is 2.40. The van der Waals surface area contributed by atoms with Crippen LogP contribution < -0.4 is 5.32 Å². The number of rotatable bonds is 5. The molecule has 0 amide bonds. The van der Waals surface area contributed by atoms with Crippen molar-refractivity contribution in [2.75, 3.05) is 6.54 Å². The number of nitrogens with one attached hydrogen (secondary N) is 1. The highest BCUT2D eigenvalue weighted by atomic mass is 35.5. The molecule has 3 heteroatoms. The van der Waals surface area contributed by atoms with E-state index >= 15 is 0 Å². The highest BCUT2D eigenvalue weighted by Crippen LogP contribution is 2.30. The van der Waals surface area contributed by atoms with Crippen LogP contribution in [0.5, 0.6) is 0 Å². The summed E-state index contributed by atoms with van der Waals surface area (Å²) in [7, 11) is 0. The summed E-state index contributed by atoms with van der Waals surface area (Å²) >= 11 is 6.12. The highest BCUT2D eigenvalue weighted by Gasteiger charge is 2.09. The quantitative estimate of drug-likeness (QED) is 0.768. The van der Waals surface area contributed by atoms with Gasteiger partial charge in [-0.1, -0.05) is 30.7 Å². The molecule has 0 saturated carbocycles. The van der Waals surface area contributed by atoms with Gasteiger partial charge in [-0.25, -0.2) is 4.39 Å². The molecule has 0 aromatic heterocycles. The minimum atomic E-state index is -0.209. The fourth-order valence-electron chi connectivity index (χ4n) is 2.28. The Morgan fingerprint density at radius 2 is 1.90 bits per heavy atom. The van der Waals surface area contributed by atoms with Crippen LogP contribution in [0.4, 0.5) is 4.39 Å². The first-order valence-corrected chi connectivity index (χ1v) is 7.25. The zero-order valence-corrected chi connectivity index (χ0v) is 12.6. The normalized spacial score (nSPS) is 10.8. The van der Waals surface area contributed by atoms with Gasteiger partial charge in [0.15, 0.2) is 0 Å². The monoisotopic (exact) mass is 291 g/mol. The maximum atomic E-state index is 13.3. The second kappa shape index (κ2) is 6.87. The van der Waals surface area contributed by atoms with Crippen LogP contribution in [0.2, 0.25) is 5.02 Å². The molecular weight excluding hydrogens is 273 g/mol. The lowest BCUT2D eigenvalue weighted by Gasteiger charge is -2.13. The van der Waals surface area contributed by atoms with Gasteiger partial charge >= 0.3 is 0 Å². The summed E-state index contributed by atoms with van der Waals surface area (Å²) in [4.78, 5) is 0. The van der Waals surface area contributed by atoms with Crippen LogP contribution in [-0.2, 0) is 6.54 Å². The van der Waals surface area contributed by atoms with Crippen molar-refractivity contribution in [3.63, 3.8) is 0 Å². The average molecular weight is 292 g/mol. The van der Waals surface area contributed by atoms with Crippen LogP contribution in [0.1, 0.15) is 24.5 Å². The lowest BCUT2D eigenvalue weighted by molar-refractivity contribution is 0.627. The third kappa shape index (κ3) is 3.59. The number of hydrogen-bond acceptors (Lipinski definition) is 1. The molecule has 0 spiro atoms. The molecule has 0 fully saturated rings. The van der Waals surface area contributed by atoms with Crippen LogP contribution in [0, 0.1) is 12.7 Å². The largest absolute Gasteiger partial charge is 0.313 e. The van der Waals surface area contributed by atoms with Gasteiger partial charge in [-0.05, 0) is 66.4 Å². The predicted molar refractivity (Wildman–Crippen MR) is 83.6 cm³/mol. The molecule has 0 bridgehead atoms. The van der Waals surface area contributed by atoms with E-state index in [1.807, 2.05) is 31.2 Å².